The fourth-order valence-electron chi connectivity index (χ4n) is 2.62. The largest absolute Gasteiger partial charge is 0.481 e. The Morgan fingerprint density at radius 3 is 2.65 bits per heavy atom. The maximum absolute atomic E-state index is 13.8. The molecule has 0 spiro atoms. The van der Waals surface area contributed by atoms with E-state index in [2.05, 4.69) is 0 Å². The number of aryl methyl sites for hydroxylation is 1. The van der Waals surface area contributed by atoms with E-state index in [4.69, 9.17) is 0 Å². The number of aliphatic carboxylic acids is 1. The number of carboxylic acids is 1. The first kappa shape index (κ1) is 14.5. The third kappa shape index (κ3) is 2.40. The molecule has 5 heteroatoms. The van der Waals surface area contributed by atoms with Gasteiger partial charge in [0.15, 0.2) is 0 Å². The molecule has 1 atom stereocenters. The highest BCUT2D eigenvalue weighted by Crippen LogP contribution is 2.35. The van der Waals surface area contributed by atoms with E-state index in [1.807, 2.05) is 0 Å². The van der Waals surface area contributed by atoms with Crippen LogP contribution in [0.3, 0.4) is 0 Å². The number of nitrogens with zero attached hydrogens (tertiary/aromatic N) is 1. The van der Waals surface area contributed by atoms with Crippen molar-refractivity contribution < 1.29 is 19.1 Å². The molecule has 1 saturated heterocycles. The molecule has 4 nitrogen and oxygen atoms in total. The number of halogens is 1. The van der Waals surface area contributed by atoms with Crippen molar-refractivity contribution >= 4 is 11.9 Å². The van der Waals surface area contributed by atoms with Gasteiger partial charge in [-0.25, -0.2) is 4.39 Å². The predicted molar refractivity (Wildman–Crippen MR) is 72.0 cm³/mol. The van der Waals surface area contributed by atoms with E-state index in [0.29, 0.717) is 19.4 Å². The lowest BCUT2D eigenvalue weighted by atomic mass is 9.84. The fourth-order valence-corrected chi connectivity index (χ4v) is 2.62. The zero-order valence-corrected chi connectivity index (χ0v) is 11.6. The second-order valence-corrected chi connectivity index (χ2v) is 5.40. The van der Waals surface area contributed by atoms with Crippen LogP contribution in [0.2, 0.25) is 0 Å². The standard InChI is InChI=1S/C15H18FNO3/c1-3-15(14(19)20)6-7-17(9-15)13(18)11-5-4-10(2)8-12(11)16/h4-5,8H,3,6-7,9H2,1-2H3,(H,19,20). The van der Waals surface area contributed by atoms with E-state index in [1.54, 1.807) is 19.9 Å². The quantitative estimate of drug-likeness (QED) is 0.924. The molecule has 1 aliphatic rings. The molecule has 2 rings (SSSR count). The van der Waals surface area contributed by atoms with Gasteiger partial charge in [0, 0.05) is 13.1 Å². The van der Waals surface area contributed by atoms with Gasteiger partial charge < -0.3 is 10.0 Å². The molecule has 1 aromatic carbocycles. The smallest absolute Gasteiger partial charge is 0.311 e. The summed E-state index contributed by atoms with van der Waals surface area (Å²) in [6.45, 7) is 4.05. The average Bonchev–Trinajstić information content (AvgIpc) is 2.83. The highest BCUT2D eigenvalue weighted by atomic mass is 19.1. The van der Waals surface area contributed by atoms with Crippen LogP contribution in [-0.4, -0.2) is 35.0 Å². The molecule has 108 valence electrons. The van der Waals surface area contributed by atoms with Crippen molar-refractivity contribution in [3.63, 3.8) is 0 Å². The van der Waals surface area contributed by atoms with Crippen LogP contribution >= 0.6 is 0 Å². The number of carbonyl (C=O) groups excluding carboxylic acids is 1. The molecule has 0 radical (unpaired) electrons. The van der Waals surface area contributed by atoms with Gasteiger partial charge in [0.1, 0.15) is 5.82 Å². The van der Waals surface area contributed by atoms with Crippen LogP contribution in [0.25, 0.3) is 0 Å². The summed E-state index contributed by atoms with van der Waals surface area (Å²) in [5.41, 5.74) is -0.140. The molecule has 1 heterocycles. The van der Waals surface area contributed by atoms with Crippen LogP contribution in [0.5, 0.6) is 0 Å². The second kappa shape index (κ2) is 5.23. The first-order valence-corrected chi connectivity index (χ1v) is 6.68. The van der Waals surface area contributed by atoms with Crippen molar-refractivity contribution in [3.05, 3.63) is 35.1 Å². The summed E-state index contributed by atoms with van der Waals surface area (Å²) >= 11 is 0. The molecule has 0 aromatic heterocycles. The fraction of sp³-hybridized carbons (Fsp3) is 0.467. The summed E-state index contributed by atoms with van der Waals surface area (Å²) in [5.74, 6) is -1.88. The van der Waals surface area contributed by atoms with Gasteiger partial charge in [-0.15, -0.1) is 0 Å². The number of rotatable bonds is 3. The third-order valence-electron chi connectivity index (χ3n) is 4.13. The van der Waals surface area contributed by atoms with E-state index in [9.17, 15) is 19.1 Å². The second-order valence-electron chi connectivity index (χ2n) is 5.40. The highest BCUT2D eigenvalue weighted by Gasteiger charge is 2.45. The van der Waals surface area contributed by atoms with Crippen LogP contribution in [0.1, 0.15) is 35.7 Å². The van der Waals surface area contributed by atoms with Crippen LogP contribution < -0.4 is 0 Å². The average molecular weight is 279 g/mol. The lowest BCUT2D eigenvalue weighted by molar-refractivity contribution is -0.148. The minimum Gasteiger partial charge on any atom is -0.481 e. The maximum atomic E-state index is 13.8. The topological polar surface area (TPSA) is 57.6 Å². The molecular weight excluding hydrogens is 261 g/mol. The van der Waals surface area contributed by atoms with Crippen LogP contribution in [0.15, 0.2) is 18.2 Å². The molecule has 1 fully saturated rings. The zero-order valence-electron chi connectivity index (χ0n) is 11.6. The van der Waals surface area contributed by atoms with Gasteiger partial charge in [0.2, 0.25) is 0 Å². The van der Waals surface area contributed by atoms with E-state index >= 15 is 0 Å². The zero-order chi connectivity index (χ0) is 14.9. The number of hydrogen-bond acceptors (Lipinski definition) is 2. The molecule has 20 heavy (non-hydrogen) atoms. The molecule has 0 bridgehead atoms. The Labute approximate surface area is 117 Å². The van der Waals surface area contributed by atoms with Crippen molar-refractivity contribution in [2.24, 2.45) is 5.41 Å². The number of benzene rings is 1. The summed E-state index contributed by atoms with van der Waals surface area (Å²) in [6, 6.07) is 4.45. The van der Waals surface area contributed by atoms with Crippen molar-refractivity contribution in [1.82, 2.24) is 4.90 Å². The minimum absolute atomic E-state index is 0.00731. The Balaban J connectivity index is 2.21. The highest BCUT2D eigenvalue weighted by molar-refractivity contribution is 5.95. The lowest BCUT2D eigenvalue weighted by Gasteiger charge is -2.23. The normalized spacial score (nSPS) is 22.1. The number of carboxylic acid groups (broad SMARTS) is 1. The number of carbonyl (C=O) groups is 2. The monoisotopic (exact) mass is 279 g/mol. The van der Waals surface area contributed by atoms with Crippen LogP contribution in [-0.2, 0) is 4.79 Å². The Kier molecular flexibility index (Phi) is 3.79. The Morgan fingerprint density at radius 2 is 2.15 bits per heavy atom. The first-order valence-electron chi connectivity index (χ1n) is 6.68. The van der Waals surface area contributed by atoms with Crippen molar-refractivity contribution in [3.8, 4) is 0 Å². The van der Waals surface area contributed by atoms with Gasteiger partial charge in [0.05, 0.1) is 11.0 Å². The summed E-state index contributed by atoms with van der Waals surface area (Å²) in [4.78, 5) is 25.1. The van der Waals surface area contributed by atoms with Crippen molar-refractivity contribution in [2.45, 2.75) is 26.7 Å². The molecular formula is C15H18FNO3. The summed E-state index contributed by atoms with van der Waals surface area (Å²) in [6.07, 6.45) is 0.876. The summed E-state index contributed by atoms with van der Waals surface area (Å²) < 4.78 is 13.8. The maximum Gasteiger partial charge on any atom is 0.311 e. The number of amides is 1. The van der Waals surface area contributed by atoms with E-state index in [1.165, 1.54) is 17.0 Å². The predicted octanol–water partition coefficient (Wildman–Crippen LogP) is 2.46. The van der Waals surface area contributed by atoms with Gasteiger partial charge in [-0.2, -0.15) is 0 Å². The van der Waals surface area contributed by atoms with Gasteiger partial charge >= 0.3 is 5.97 Å². The van der Waals surface area contributed by atoms with E-state index in [0.717, 1.165) is 5.56 Å². The van der Waals surface area contributed by atoms with E-state index in [-0.39, 0.29) is 12.1 Å². The third-order valence-corrected chi connectivity index (χ3v) is 4.13. The molecule has 1 aromatic rings. The first-order chi connectivity index (χ1) is 9.39. The molecule has 1 unspecified atom stereocenters. The lowest BCUT2D eigenvalue weighted by Crippen LogP contribution is -2.36. The Bertz CT molecular complexity index is 558. The molecule has 0 aliphatic carbocycles. The van der Waals surface area contributed by atoms with Crippen LogP contribution in [0, 0.1) is 18.2 Å². The molecule has 1 N–H and O–H groups in total. The minimum atomic E-state index is -0.892. The number of hydrogen-bond donors (Lipinski definition) is 1. The van der Waals surface area contributed by atoms with Crippen molar-refractivity contribution in [2.75, 3.05) is 13.1 Å². The van der Waals surface area contributed by atoms with Gasteiger partial charge in [-0.1, -0.05) is 13.0 Å². The summed E-state index contributed by atoms with van der Waals surface area (Å²) in [5, 5.41) is 9.31. The Morgan fingerprint density at radius 1 is 1.45 bits per heavy atom. The van der Waals surface area contributed by atoms with E-state index < -0.39 is 23.1 Å². The summed E-state index contributed by atoms with van der Waals surface area (Å²) in [7, 11) is 0. The molecule has 0 saturated carbocycles. The van der Waals surface area contributed by atoms with Crippen molar-refractivity contribution in [1.29, 1.82) is 0 Å². The number of likely N-dealkylation sites (tertiary alicyclic amines) is 1. The van der Waals surface area contributed by atoms with Crippen LogP contribution in [0.4, 0.5) is 4.39 Å². The molecule has 1 aliphatic heterocycles. The van der Waals surface area contributed by atoms with Gasteiger partial charge in [-0.3, -0.25) is 9.59 Å². The molecule has 1 amide bonds. The van der Waals surface area contributed by atoms with Gasteiger partial charge in [0.25, 0.3) is 5.91 Å². The van der Waals surface area contributed by atoms with Gasteiger partial charge in [-0.05, 0) is 37.5 Å². The Hall–Kier alpha value is -1.91. The SMILES string of the molecule is CCC1(C(=O)O)CCN(C(=O)c2ccc(C)cc2F)C1.